The van der Waals surface area contributed by atoms with E-state index in [1.807, 2.05) is 0 Å². The van der Waals surface area contributed by atoms with Crippen LogP contribution in [0.25, 0.3) is 0 Å². The first-order valence-corrected chi connectivity index (χ1v) is 12.8. The van der Waals surface area contributed by atoms with Crippen LogP contribution in [0.3, 0.4) is 0 Å². The number of halogens is 1. The third kappa shape index (κ3) is 7.01. The van der Waals surface area contributed by atoms with Crippen LogP contribution in [0.15, 0.2) is 41.7 Å². The fourth-order valence-electron chi connectivity index (χ4n) is 4.40. The summed E-state index contributed by atoms with van der Waals surface area (Å²) in [7, 11) is 0. The number of benzene rings is 1. The third-order valence-corrected chi connectivity index (χ3v) is 6.87. The third-order valence-electron chi connectivity index (χ3n) is 6.65. The Balaban J connectivity index is 1.39. The minimum atomic E-state index is -1.13. The Kier molecular flexibility index (Phi) is 8.63. The van der Waals surface area contributed by atoms with Gasteiger partial charge in [0, 0.05) is 17.8 Å². The molecule has 0 radical (unpaired) electrons. The summed E-state index contributed by atoms with van der Waals surface area (Å²) in [5.74, 6) is -1.86. The molecule has 1 fully saturated rings. The van der Waals surface area contributed by atoms with Crippen LogP contribution in [-0.2, 0) is 15.0 Å². The van der Waals surface area contributed by atoms with Gasteiger partial charge in [-0.3, -0.25) is 24.4 Å². The van der Waals surface area contributed by atoms with Gasteiger partial charge < -0.3 is 31.5 Å². The molecule has 1 saturated carbocycles. The van der Waals surface area contributed by atoms with Gasteiger partial charge in [0.05, 0.1) is 60.6 Å². The lowest BCUT2D eigenvalue weighted by Gasteiger charge is -2.36. The number of nitriles is 1. The van der Waals surface area contributed by atoms with E-state index >= 15 is 0 Å². The molecule has 39 heavy (non-hydrogen) atoms. The molecule has 0 saturated heterocycles. The van der Waals surface area contributed by atoms with Crippen molar-refractivity contribution in [1.82, 2.24) is 20.9 Å². The summed E-state index contributed by atoms with van der Waals surface area (Å²) >= 11 is 6.30. The van der Waals surface area contributed by atoms with E-state index < -0.39 is 48.3 Å². The van der Waals surface area contributed by atoms with E-state index in [2.05, 4.69) is 37.3 Å². The molecule has 4 rings (SSSR count). The van der Waals surface area contributed by atoms with Crippen LogP contribution in [0, 0.1) is 11.3 Å². The van der Waals surface area contributed by atoms with Gasteiger partial charge in [0.2, 0.25) is 5.91 Å². The summed E-state index contributed by atoms with van der Waals surface area (Å²) in [4.78, 5) is 45.1. The first-order chi connectivity index (χ1) is 18.7. The zero-order valence-electron chi connectivity index (χ0n) is 20.9. The maximum atomic E-state index is 12.7. The van der Waals surface area contributed by atoms with Crippen LogP contribution in [0.4, 0.5) is 5.69 Å². The number of aliphatic hydroxyl groups is 1. The van der Waals surface area contributed by atoms with E-state index in [-0.39, 0.29) is 12.1 Å². The van der Waals surface area contributed by atoms with E-state index in [0.717, 1.165) is 6.42 Å². The highest BCUT2D eigenvalue weighted by atomic mass is 35.5. The molecule has 2 heterocycles. The van der Waals surface area contributed by atoms with Gasteiger partial charge in [-0.05, 0) is 48.6 Å². The highest BCUT2D eigenvalue weighted by Crippen LogP contribution is 2.44. The number of nitrogens with zero attached hydrogens (tertiary/aromatic N) is 3. The summed E-state index contributed by atoms with van der Waals surface area (Å²) in [5, 5.41) is 40.0. The largest absolute Gasteiger partial charge is 0.481 e. The normalized spacial score (nSPS) is 18.3. The van der Waals surface area contributed by atoms with Crippen LogP contribution in [-0.4, -0.2) is 64.7 Å². The summed E-state index contributed by atoms with van der Waals surface area (Å²) in [6.07, 6.45) is 4.14. The standard InChI is InChI=1S/C26H28ClN7O5/c27-18-5-15(4-17(7-18)26(14-28)2-1-3-26)21(8-23(37)38)34-22(36)13-30-24(39)16-6-19(10-29-9-16)33-25-31-11-20(35)12-32-25/h4-7,9-10,20-21,35H,1-3,8,11-13H2,(H,30,39)(H,34,36)(H,37,38)(H2,31,32,33). The number of hydrogen-bond donors (Lipinski definition) is 6. The second kappa shape index (κ2) is 12.1. The number of carbonyl (C=O) groups excluding carboxylic acids is 2. The van der Waals surface area contributed by atoms with E-state index in [0.29, 0.717) is 47.2 Å². The number of guanidine groups is 1. The minimum Gasteiger partial charge on any atom is -0.481 e. The summed E-state index contributed by atoms with van der Waals surface area (Å²) in [6, 6.07) is 7.94. The number of anilines is 1. The highest BCUT2D eigenvalue weighted by Gasteiger charge is 2.39. The van der Waals surface area contributed by atoms with Gasteiger partial charge in [-0.25, -0.2) is 0 Å². The van der Waals surface area contributed by atoms with Crippen LogP contribution in [0.5, 0.6) is 0 Å². The molecule has 2 amide bonds. The highest BCUT2D eigenvalue weighted by molar-refractivity contribution is 6.30. The Bertz CT molecular complexity index is 1340. The first kappa shape index (κ1) is 27.8. The second-order valence-electron chi connectivity index (χ2n) is 9.53. The lowest BCUT2D eigenvalue weighted by Crippen LogP contribution is -2.42. The number of carbonyl (C=O) groups is 3. The number of carboxylic acids is 1. The zero-order valence-corrected chi connectivity index (χ0v) is 21.7. The van der Waals surface area contributed by atoms with Crippen molar-refractivity contribution in [2.24, 2.45) is 4.99 Å². The maximum Gasteiger partial charge on any atom is 0.305 e. The Morgan fingerprint density at radius 3 is 2.67 bits per heavy atom. The average Bonchev–Trinajstić information content (AvgIpc) is 2.87. The van der Waals surface area contributed by atoms with Crippen molar-refractivity contribution >= 4 is 41.0 Å². The molecule has 1 aromatic heterocycles. The summed E-state index contributed by atoms with van der Waals surface area (Å²) in [6.45, 7) is 0.179. The number of aliphatic carboxylic acids is 1. The number of rotatable bonds is 9. The molecule has 6 N–H and O–H groups in total. The fraction of sp³-hybridized carbons (Fsp3) is 0.385. The zero-order chi connectivity index (χ0) is 28.0. The van der Waals surface area contributed by atoms with Crippen LogP contribution in [0.2, 0.25) is 5.02 Å². The van der Waals surface area contributed by atoms with Gasteiger partial charge in [0.1, 0.15) is 0 Å². The number of pyridine rings is 1. The molecule has 12 nitrogen and oxygen atoms in total. The number of aliphatic imine (C=N–C) groups is 1. The predicted octanol–water partition coefficient (Wildman–Crippen LogP) is 1.47. The smallest absolute Gasteiger partial charge is 0.305 e. The molecule has 2 aromatic rings. The molecule has 2 aliphatic rings. The van der Waals surface area contributed by atoms with Crippen LogP contribution in [0.1, 0.15) is 53.2 Å². The molecule has 0 spiro atoms. The Labute approximate surface area is 229 Å². The van der Waals surface area contributed by atoms with Gasteiger partial charge in [0.25, 0.3) is 5.91 Å². The number of carboxylic acid groups (broad SMARTS) is 1. The van der Waals surface area contributed by atoms with Crippen molar-refractivity contribution in [3.63, 3.8) is 0 Å². The molecular formula is C26H28ClN7O5. The van der Waals surface area contributed by atoms with Crippen molar-refractivity contribution < 1.29 is 24.6 Å². The molecular weight excluding hydrogens is 526 g/mol. The SMILES string of the molecule is N#CC1(c2cc(Cl)cc(C(CC(=O)O)NC(=O)CNC(=O)c3cncc(NC4=NCC(O)CN4)c3)c2)CCC1. The predicted molar refractivity (Wildman–Crippen MR) is 142 cm³/mol. The van der Waals surface area contributed by atoms with Crippen molar-refractivity contribution in [2.75, 3.05) is 25.0 Å². The van der Waals surface area contributed by atoms with Gasteiger partial charge in [0.15, 0.2) is 5.96 Å². The van der Waals surface area contributed by atoms with E-state index in [1.165, 1.54) is 18.5 Å². The summed E-state index contributed by atoms with van der Waals surface area (Å²) < 4.78 is 0. The molecule has 2 atom stereocenters. The topological polar surface area (TPSA) is 189 Å². The Morgan fingerprint density at radius 2 is 2.03 bits per heavy atom. The molecule has 1 aliphatic carbocycles. The molecule has 0 bridgehead atoms. The molecule has 13 heteroatoms. The van der Waals surface area contributed by atoms with Crippen molar-refractivity contribution in [3.8, 4) is 6.07 Å². The van der Waals surface area contributed by atoms with Crippen LogP contribution >= 0.6 is 11.6 Å². The van der Waals surface area contributed by atoms with E-state index in [4.69, 9.17) is 11.6 Å². The van der Waals surface area contributed by atoms with Crippen molar-refractivity contribution in [1.29, 1.82) is 5.26 Å². The number of amides is 2. The number of aromatic nitrogens is 1. The Morgan fingerprint density at radius 1 is 1.23 bits per heavy atom. The van der Waals surface area contributed by atoms with Gasteiger partial charge in [-0.1, -0.05) is 17.7 Å². The molecule has 2 unspecified atom stereocenters. The van der Waals surface area contributed by atoms with Gasteiger partial charge in [-0.15, -0.1) is 0 Å². The first-order valence-electron chi connectivity index (χ1n) is 12.4. The Hall–Kier alpha value is -4.21. The fourth-order valence-corrected chi connectivity index (χ4v) is 4.65. The monoisotopic (exact) mass is 553 g/mol. The second-order valence-corrected chi connectivity index (χ2v) is 9.97. The summed E-state index contributed by atoms with van der Waals surface area (Å²) in [5.41, 5.74) is 1.17. The molecule has 204 valence electrons. The number of aliphatic hydroxyl groups excluding tert-OH is 1. The number of hydrogen-bond acceptors (Lipinski definition) is 9. The van der Waals surface area contributed by atoms with E-state index in [1.54, 1.807) is 18.2 Å². The van der Waals surface area contributed by atoms with E-state index in [9.17, 15) is 29.9 Å². The quantitative estimate of drug-likeness (QED) is 0.267. The lowest BCUT2D eigenvalue weighted by atomic mass is 9.65. The van der Waals surface area contributed by atoms with Crippen LogP contribution < -0.4 is 21.3 Å². The van der Waals surface area contributed by atoms with Crippen molar-refractivity contribution in [3.05, 3.63) is 58.4 Å². The average molecular weight is 554 g/mol. The maximum absolute atomic E-state index is 12.7. The van der Waals surface area contributed by atoms with Crippen molar-refractivity contribution in [2.45, 2.75) is 43.2 Å². The lowest BCUT2D eigenvalue weighted by molar-refractivity contribution is -0.137. The molecule has 1 aromatic carbocycles. The number of β-amino-alcohol motifs (C(OH)–C–C–N with tert-alkyl or cyclic N) is 1. The van der Waals surface area contributed by atoms with Gasteiger partial charge >= 0.3 is 5.97 Å². The minimum absolute atomic E-state index is 0.188. The molecule has 1 aliphatic heterocycles. The number of nitrogens with one attached hydrogen (secondary N) is 4. The van der Waals surface area contributed by atoms with Gasteiger partial charge in [-0.2, -0.15) is 5.26 Å².